The molecule has 0 aliphatic heterocycles. The molecule has 0 radical (unpaired) electrons. The Hall–Kier alpha value is -2.18. The zero-order valence-corrected chi connectivity index (χ0v) is 21.4. The van der Waals surface area contributed by atoms with Gasteiger partial charge in [-0.2, -0.15) is 0 Å². The van der Waals surface area contributed by atoms with Gasteiger partial charge in [0.2, 0.25) is 0 Å². The summed E-state index contributed by atoms with van der Waals surface area (Å²) in [4.78, 5) is 29.6. The lowest BCUT2D eigenvalue weighted by atomic mass is 9.72. The largest absolute Gasteiger partial charge is 0.331 e. The highest BCUT2D eigenvalue weighted by Crippen LogP contribution is 2.44. The van der Waals surface area contributed by atoms with Gasteiger partial charge in [-0.25, -0.2) is 0 Å². The van der Waals surface area contributed by atoms with Gasteiger partial charge in [-0.05, 0) is 64.2 Å². The van der Waals surface area contributed by atoms with Crippen molar-refractivity contribution in [2.75, 3.05) is 18.4 Å². The number of rotatable bonds is 7. The molecule has 6 heteroatoms. The van der Waals surface area contributed by atoms with E-state index in [0.717, 1.165) is 29.3 Å². The first-order valence-electron chi connectivity index (χ1n) is 10.9. The average molecular weight is 516 g/mol. The number of carbonyl (C=O) groups excluding carboxylic acids is 2. The molecular weight excluding hydrogens is 484 g/mol. The summed E-state index contributed by atoms with van der Waals surface area (Å²) in [6.07, 6.45) is 6.24. The van der Waals surface area contributed by atoms with Crippen molar-refractivity contribution in [3.8, 4) is 0 Å². The van der Waals surface area contributed by atoms with Gasteiger partial charge in [0.1, 0.15) is 5.00 Å². The quantitative estimate of drug-likeness (QED) is 0.416. The van der Waals surface area contributed by atoms with Crippen molar-refractivity contribution >= 4 is 44.1 Å². The van der Waals surface area contributed by atoms with E-state index in [9.17, 15) is 9.59 Å². The van der Waals surface area contributed by atoms with Crippen molar-refractivity contribution in [2.24, 2.45) is 11.3 Å². The monoisotopic (exact) mass is 514 g/mol. The Kier molecular flexibility index (Phi) is 7.78. The molecule has 2 aromatic rings. The standard InChI is InChI=1S/C26H31BrN2O2S/c1-6-14-29(15-7-2)25(31)22-19-13-12-17(26(3,4)5)16-21(19)32-24(22)28-23(30)18-10-8-9-11-20(18)27/h6-11,17H,1-2,12-16H2,3-5H3,(H,28,30). The summed E-state index contributed by atoms with van der Waals surface area (Å²) in [5.41, 5.74) is 2.45. The Labute approximate surface area is 203 Å². The Morgan fingerprint density at radius 1 is 1.22 bits per heavy atom. The van der Waals surface area contributed by atoms with Gasteiger partial charge in [0.15, 0.2) is 0 Å². The molecule has 1 aromatic heterocycles. The molecule has 32 heavy (non-hydrogen) atoms. The molecule has 170 valence electrons. The zero-order chi connectivity index (χ0) is 23.5. The van der Waals surface area contributed by atoms with Crippen LogP contribution in [-0.4, -0.2) is 29.8 Å². The van der Waals surface area contributed by atoms with E-state index in [4.69, 9.17) is 0 Å². The van der Waals surface area contributed by atoms with Crippen molar-refractivity contribution in [3.05, 3.63) is 75.6 Å². The van der Waals surface area contributed by atoms with Crippen LogP contribution in [-0.2, 0) is 12.8 Å². The van der Waals surface area contributed by atoms with Crippen LogP contribution in [0.4, 0.5) is 5.00 Å². The first kappa shape index (κ1) is 24.5. The Morgan fingerprint density at radius 2 is 1.88 bits per heavy atom. The number of amides is 2. The molecule has 1 N–H and O–H groups in total. The van der Waals surface area contributed by atoms with Gasteiger partial charge in [-0.1, -0.05) is 45.1 Å². The lowest BCUT2D eigenvalue weighted by molar-refractivity contribution is 0.0790. The van der Waals surface area contributed by atoms with Crippen LogP contribution in [0, 0.1) is 11.3 Å². The highest BCUT2D eigenvalue weighted by molar-refractivity contribution is 9.10. The average Bonchev–Trinajstić information content (AvgIpc) is 3.09. The topological polar surface area (TPSA) is 49.4 Å². The van der Waals surface area contributed by atoms with Crippen LogP contribution in [0.2, 0.25) is 0 Å². The number of fused-ring (bicyclic) bond motifs is 1. The number of benzene rings is 1. The van der Waals surface area contributed by atoms with Crippen molar-refractivity contribution in [3.63, 3.8) is 0 Å². The molecule has 0 saturated heterocycles. The fourth-order valence-electron chi connectivity index (χ4n) is 4.17. The molecule has 0 fully saturated rings. The molecule has 1 aliphatic carbocycles. The van der Waals surface area contributed by atoms with Crippen LogP contribution >= 0.6 is 27.3 Å². The third-order valence-corrected chi connectivity index (χ3v) is 7.90. The van der Waals surface area contributed by atoms with Crippen LogP contribution in [0.25, 0.3) is 0 Å². The van der Waals surface area contributed by atoms with Gasteiger partial charge < -0.3 is 10.2 Å². The van der Waals surface area contributed by atoms with Crippen molar-refractivity contribution < 1.29 is 9.59 Å². The Morgan fingerprint density at radius 3 is 2.47 bits per heavy atom. The molecule has 3 rings (SSSR count). The summed E-state index contributed by atoms with van der Waals surface area (Å²) in [5.74, 6) is 0.233. The Bertz CT molecular complexity index is 1020. The second-order valence-corrected chi connectivity index (χ2v) is 11.2. The third-order valence-electron chi connectivity index (χ3n) is 6.04. The van der Waals surface area contributed by atoms with Gasteiger partial charge in [0.25, 0.3) is 11.8 Å². The maximum atomic E-state index is 13.6. The van der Waals surface area contributed by atoms with E-state index in [1.165, 1.54) is 4.88 Å². The fraction of sp³-hybridized carbons (Fsp3) is 0.385. The minimum absolute atomic E-state index is 0.0843. The van der Waals surface area contributed by atoms with Gasteiger partial charge in [0.05, 0.1) is 11.1 Å². The minimum Gasteiger partial charge on any atom is -0.331 e. The van der Waals surface area contributed by atoms with Crippen molar-refractivity contribution in [1.82, 2.24) is 4.90 Å². The molecule has 0 bridgehead atoms. The highest BCUT2D eigenvalue weighted by atomic mass is 79.9. The molecular formula is C26H31BrN2O2S. The van der Waals surface area contributed by atoms with Crippen LogP contribution in [0.5, 0.6) is 0 Å². The van der Waals surface area contributed by atoms with E-state index in [2.05, 4.69) is 55.2 Å². The second-order valence-electron chi connectivity index (χ2n) is 9.24. The van der Waals surface area contributed by atoms with Gasteiger partial charge in [-0.15, -0.1) is 24.5 Å². The molecule has 1 aliphatic rings. The van der Waals surface area contributed by atoms with Crippen molar-refractivity contribution in [1.29, 1.82) is 0 Å². The van der Waals surface area contributed by atoms with E-state index in [0.29, 0.717) is 35.1 Å². The fourth-order valence-corrected chi connectivity index (χ4v) is 5.94. The van der Waals surface area contributed by atoms with E-state index in [1.54, 1.807) is 34.5 Å². The lowest BCUT2D eigenvalue weighted by Gasteiger charge is -2.34. The molecule has 1 aromatic carbocycles. The van der Waals surface area contributed by atoms with Crippen LogP contribution in [0.15, 0.2) is 54.0 Å². The maximum Gasteiger partial charge on any atom is 0.257 e. The normalized spacial score (nSPS) is 15.6. The molecule has 2 amide bonds. The summed E-state index contributed by atoms with van der Waals surface area (Å²) in [7, 11) is 0. The number of hydrogen-bond donors (Lipinski definition) is 1. The zero-order valence-electron chi connectivity index (χ0n) is 19.0. The molecule has 1 atom stereocenters. The molecule has 0 spiro atoms. The smallest absolute Gasteiger partial charge is 0.257 e. The van der Waals surface area contributed by atoms with Crippen LogP contribution < -0.4 is 5.32 Å². The van der Waals surface area contributed by atoms with E-state index in [1.807, 2.05) is 18.2 Å². The van der Waals surface area contributed by atoms with E-state index < -0.39 is 0 Å². The maximum absolute atomic E-state index is 13.6. The minimum atomic E-state index is -0.225. The van der Waals surface area contributed by atoms with Gasteiger partial charge in [-0.3, -0.25) is 9.59 Å². The number of nitrogens with one attached hydrogen (secondary N) is 1. The highest BCUT2D eigenvalue weighted by Gasteiger charge is 2.35. The molecule has 1 unspecified atom stereocenters. The number of carbonyl (C=O) groups is 2. The number of anilines is 1. The molecule has 4 nitrogen and oxygen atoms in total. The molecule has 0 saturated carbocycles. The summed E-state index contributed by atoms with van der Waals surface area (Å²) >= 11 is 5.00. The summed E-state index contributed by atoms with van der Waals surface area (Å²) < 4.78 is 0.722. The predicted molar refractivity (Wildman–Crippen MR) is 138 cm³/mol. The van der Waals surface area contributed by atoms with E-state index in [-0.39, 0.29) is 17.2 Å². The molecule has 1 heterocycles. The van der Waals surface area contributed by atoms with Gasteiger partial charge in [0, 0.05) is 22.4 Å². The van der Waals surface area contributed by atoms with Crippen LogP contribution in [0.1, 0.15) is 58.3 Å². The first-order chi connectivity index (χ1) is 15.2. The predicted octanol–water partition coefficient (Wildman–Crippen LogP) is 6.73. The van der Waals surface area contributed by atoms with Crippen LogP contribution in [0.3, 0.4) is 0 Å². The second kappa shape index (κ2) is 10.2. The third kappa shape index (κ3) is 5.24. The summed E-state index contributed by atoms with van der Waals surface area (Å²) in [5, 5.41) is 3.68. The summed E-state index contributed by atoms with van der Waals surface area (Å²) in [6.45, 7) is 15.3. The number of nitrogens with zero attached hydrogens (tertiary/aromatic N) is 1. The number of hydrogen-bond acceptors (Lipinski definition) is 3. The SMILES string of the molecule is C=CCN(CC=C)C(=O)c1c(NC(=O)c2ccccc2Br)sc2c1CCC(C(C)(C)C)C2. The lowest BCUT2D eigenvalue weighted by Crippen LogP contribution is -2.33. The number of halogens is 1. The van der Waals surface area contributed by atoms with E-state index >= 15 is 0 Å². The van der Waals surface area contributed by atoms with Gasteiger partial charge >= 0.3 is 0 Å². The van der Waals surface area contributed by atoms with Crippen molar-refractivity contribution in [2.45, 2.75) is 40.0 Å². The first-order valence-corrected chi connectivity index (χ1v) is 12.5. The summed E-state index contributed by atoms with van der Waals surface area (Å²) in [6, 6.07) is 7.31. The number of thiophene rings is 1. The Balaban J connectivity index is 2.03.